The van der Waals surface area contributed by atoms with Crippen molar-refractivity contribution >= 4 is 24.0 Å². The molecule has 4 nitrogen and oxygen atoms in total. The first-order valence-electron chi connectivity index (χ1n) is 5.76. The molecule has 0 unspecified atom stereocenters. The lowest BCUT2D eigenvalue weighted by molar-refractivity contribution is -0.117. The Morgan fingerprint density at radius 1 is 1.39 bits per heavy atom. The maximum atomic E-state index is 11.4. The minimum absolute atomic E-state index is 0. The maximum absolute atomic E-state index is 11.4. The summed E-state index contributed by atoms with van der Waals surface area (Å²) >= 11 is 0. The van der Waals surface area contributed by atoms with Crippen LogP contribution in [0.3, 0.4) is 0 Å². The zero-order chi connectivity index (χ0) is 12.8. The number of amides is 1. The normalized spacial score (nSPS) is 11.8. The van der Waals surface area contributed by atoms with Crippen LogP contribution in [0.15, 0.2) is 24.3 Å². The predicted molar refractivity (Wildman–Crippen MR) is 75.9 cm³/mol. The molecular formula is C13H21ClN2O2. The molecule has 0 radical (unpaired) electrons. The summed E-state index contributed by atoms with van der Waals surface area (Å²) in [4.78, 5) is 11.4. The lowest BCUT2D eigenvalue weighted by Crippen LogP contribution is -2.32. The molecule has 0 spiro atoms. The van der Waals surface area contributed by atoms with Crippen molar-refractivity contribution in [3.05, 3.63) is 29.8 Å². The summed E-state index contributed by atoms with van der Waals surface area (Å²) in [6.45, 7) is 6.17. The van der Waals surface area contributed by atoms with E-state index in [2.05, 4.69) is 5.32 Å². The van der Waals surface area contributed by atoms with Gasteiger partial charge in [-0.15, -0.1) is 12.4 Å². The third-order valence-corrected chi connectivity index (χ3v) is 2.19. The predicted octanol–water partition coefficient (Wildman–Crippen LogP) is 2.32. The van der Waals surface area contributed by atoms with Crippen molar-refractivity contribution in [1.82, 2.24) is 0 Å². The van der Waals surface area contributed by atoms with Crippen LogP contribution in [0.4, 0.5) is 5.69 Å². The zero-order valence-electron chi connectivity index (χ0n) is 11.0. The van der Waals surface area contributed by atoms with E-state index in [1.54, 1.807) is 6.92 Å². The fourth-order valence-electron chi connectivity index (χ4n) is 1.26. The first kappa shape index (κ1) is 16.9. The van der Waals surface area contributed by atoms with Crippen molar-refractivity contribution < 1.29 is 9.53 Å². The van der Waals surface area contributed by atoms with Gasteiger partial charge in [0.25, 0.3) is 0 Å². The number of rotatable bonds is 5. The maximum Gasteiger partial charge on any atom is 0.240 e. The number of carbonyl (C=O) groups is 1. The molecule has 0 aromatic heterocycles. The lowest BCUT2D eigenvalue weighted by atomic mass is 10.2. The molecule has 102 valence electrons. The van der Waals surface area contributed by atoms with Gasteiger partial charge in [0.15, 0.2) is 0 Å². The van der Waals surface area contributed by atoms with Gasteiger partial charge in [-0.25, -0.2) is 0 Å². The van der Waals surface area contributed by atoms with Crippen LogP contribution in [-0.2, 0) is 16.1 Å². The van der Waals surface area contributed by atoms with E-state index >= 15 is 0 Å². The molecule has 1 amide bonds. The number of benzene rings is 1. The SMILES string of the molecule is CC(C)OCc1cccc(NC(=O)[C@@H](C)N)c1.Cl. The Kier molecular flexibility index (Phi) is 7.59. The molecule has 0 aliphatic rings. The highest BCUT2D eigenvalue weighted by Crippen LogP contribution is 2.12. The Morgan fingerprint density at radius 3 is 2.61 bits per heavy atom. The summed E-state index contributed by atoms with van der Waals surface area (Å²) in [6, 6.07) is 7.06. The number of anilines is 1. The van der Waals surface area contributed by atoms with Crippen molar-refractivity contribution in [2.24, 2.45) is 5.73 Å². The summed E-state index contributed by atoms with van der Waals surface area (Å²) in [5.74, 6) is -0.188. The number of ether oxygens (including phenoxy) is 1. The van der Waals surface area contributed by atoms with Crippen molar-refractivity contribution in [3.63, 3.8) is 0 Å². The summed E-state index contributed by atoms with van der Waals surface area (Å²) in [7, 11) is 0. The highest BCUT2D eigenvalue weighted by Gasteiger charge is 2.07. The minimum atomic E-state index is -0.509. The van der Waals surface area contributed by atoms with Crippen LogP contribution in [0.5, 0.6) is 0 Å². The topological polar surface area (TPSA) is 64.3 Å². The van der Waals surface area contributed by atoms with Gasteiger partial charge >= 0.3 is 0 Å². The van der Waals surface area contributed by atoms with Crippen molar-refractivity contribution in [3.8, 4) is 0 Å². The Labute approximate surface area is 114 Å². The fraction of sp³-hybridized carbons (Fsp3) is 0.462. The molecule has 0 saturated heterocycles. The molecule has 5 heteroatoms. The second-order valence-corrected chi connectivity index (χ2v) is 4.34. The molecular weight excluding hydrogens is 252 g/mol. The Morgan fingerprint density at radius 2 is 2.06 bits per heavy atom. The summed E-state index contributed by atoms with van der Waals surface area (Å²) in [5, 5.41) is 2.75. The van der Waals surface area contributed by atoms with E-state index in [0.717, 1.165) is 11.3 Å². The third-order valence-electron chi connectivity index (χ3n) is 2.19. The molecule has 3 N–H and O–H groups in total. The van der Waals surface area contributed by atoms with Gasteiger partial charge in [-0.2, -0.15) is 0 Å². The van der Waals surface area contributed by atoms with E-state index in [4.69, 9.17) is 10.5 Å². The molecule has 1 rings (SSSR count). The van der Waals surface area contributed by atoms with Crippen LogP contribution >= 0.6 is 12.4 Å². The van der Waals surface area contributed by atoms with Crippen molar-refractivity contribution in [1.29, 1.82) is 0 Å². The monoisotopic (exact) mass is 272 g/mol. The van der Waals surface area contributed by atoms with E-state index in [1.807, 2.05) is 38.1 Å². The number of hydrogen-bond acceptors (Lipinski definition) is 3. The van der Waals surface area contributed by atoms with Gasteiger partial charge in [-0.05, 0) is 38.5 Å². The zero-order valence-corrected chi connectivity index (χ0v) is 11.8. The van der Waals surface area contributed by atoms with Crippen LogP contribution in [0.25, 0.3) is 0 Å². The molecule has 1 aromatic carbocycles. The summed E-state index contributed by atoms with van der Waals surface area (Å²) in [5.41, 5.74) is 7.26. The number of carbonyl (C=O) groups excluding carboxylic acids is 1. The number of nitrogens with two attached hydrogens (primary N) is 1. The first-order chi connectivity index (χ1) is 7.99. The Balaban J connectivity index is 0.00000289. The van der Waals surface area contributed by atoms with Gasteiger partial charge in [0, 0.05) is 5.69 Å². The molecule has 1 aromatic rings. The van der Waals surface area contributed by atoms with E-state index in [1.165, 1.54) is 0 Å². The standard InChI is InChI=1S/C13H20N2O2.ClH/c1-9(2)17-8-11-5-4-6-12(7-11)15-13(16)10(3)14;/h4-7,9-10H,8,14H2,1-3H3,(H,15,16);1H/t10-;/m1./s1. The third kappa shape index (κ3) is 6.00. The van der Waals surface area contributed by atoms with Crippen LogP contribution in [-0.4, -0.2) is 18.1 Å². The number of nitrogens with one attached hydrogen (secondary N) is 1. The quantitative estimate of drug-likeness (QED) is 0.865. The van der Waals surface area contributed by atoms with Crippen molar-refractivity contribution in [2.75, 3.05) is 5.32 Å². The van der Waals surface area contributed by atoms with E-state index in [9.17, 15) is 4.79 Å². The molecule has 18 heavy (non-hydrogen) atoms. The highest BCUT2D eigenvalue weighted by molar-refractivity contribution is 5.94. The van der Waals surface area contributed by atoms with Gasteiger partial charge in [0.1, 0.15) is 0 Å². The summed E-state index contributed by atoms with van der Waals surface area (Å²) < 4.78 is 5.50. The van der Waals surface area contributed by atoms with Gasteiger partial charge in [-0.3, -0.25) is 4.79 Å². The number of halogens is 1. The molecule has 1 atom stereocenters. The Bertz CT molecular complexity index is 381. The summed E-state index contributed by atoms with van der Waals surface area (Å²) in [6.07, 6.45) is 0.192. The van der Waals surface area contributed by atoms with Crippen LogP contribution < -0.4 is 11.1 Å². The lowest BCUT2D eigenvalue weighted by Gasteiger charge is -2.11. The van der Waals surface area contributed by atoms with Crippen LogP contribution in [0, 0.1) is 0 Å². The van der Waals surface area contributed by atoms with Gasteiger partial charge in [0.2, 0.25) is 5.91 Å². The van der Waals surface area contributed by atoms with Gasteiger partial charge < -0.3 is 15.8 Å². The molecule has 0 aliphatic carbocycles. The van der Waals surface area contributed by atoms with E-state index < -0.39 is 6.04 Å². The largest absolute Gasteiger partial charge is 0.374 e. The molecule has 0 aliphatic heterocycles. The molecule has 0 fully saturated rings. The average molecular weight is 273 g/mol. The average Bonchev–Trinajstić information content (AvgIpc) is 2.26. The van der Waals surface area contributed by atoms with Gasteiger partial charge in [-0.1, -0.05) is 12.1 Å². The minimum Gasteiger partial charge on any atom is -0.374 e. The second-order valence-electron chi connectivity index (χ2n) is 4.34. The smallest absolute Gasteiger partial charge is 0.240 e. The first-order valence-corrected chi connectivity index (χ1v) is 5.76. The number of hydrogen-bond donors (Lipinski definition) is 2. The highest BCUT2D eigenvalue weighted by atomic mass is 35.5. The molecule has 0 bridgehead atoms. The van der Waals surface area contributed by atoms with Gasteiger partial charge in [0.05, 0.1) is 18.8 Å². The second kappa shape index (κ2) is 8.08. The van der Waals surface area contributed by atoms with E-state index in [0.29, 0.717) is 6.61 Å². The fourth-order valence-corrected chi connectivity index (χ4v) is 1.26. The molecule has 0 saturated carbocycles. The van der Waals surface area contributed by atoms with Crippen molar-refractivity contribution in [2.45, 2.75) is 39.5 Å². The van der Waals surface area contributed by atoms with E-state index in [-0.39, 0.29) is 24.4 Å². The van der Waals surface area contributed by atoms with Crippen LogP contribution in [0.2, 0.25) is 0 Å². The Hall–Kier alpha value is -1.10. The molecule has 0 heterocycles. The van der Waals surface area contributed by atoms with Crippen LogP contribution in [0.1, 0.15) is 26.3 Å².